The van der Waals surface area contributed by atoms with Gasteiger partial charge in [-0.15, -0.1) is 24.0 Å². The summed E-state index contributed by atoms with van der Waals surface area (Å²) in [6, 6.07) is 5.88. The third-order valence-corrected chi connectivity index (χ3v) is 2.59. The summed E-state index contributed by atoms with van der Waals surface area (Å²) in [5, 5.41) is 6.43. The number of furan rings is 1. The molecule has 0 atom stereocenters. The van der Waals surface area contributed by atoms with E-state index in [2.05, 4.69) is 27.9 Å². The monoisotopic (exact) mass is 374 g/mol. The SMILES string of the molecule is CN=C(NCc1ccn(C)c1)NCc1ccco1.I. The molecule has 2 N–H and O–H groups in total. The van der Waals surface area contributed by atoms with Crippen LogP contribution in [0.4, 0.5) is 0 Å². The van der Waals surface area contributed by atoms with E-state index in [1.54, 1.807) is 13.3 Å². The Bertz CT molecular complexity index is 504. The Labute approximate surface area is 130 Å². The fraction of sp³-hybridized carbons (Fsp3) is 0.308. The molecule has 0 aromatic carbocycles. The molecule has 0 saturated carbocycles. The maximum atomic E-state index is 5.25. The molecule has 2 rings (SSSR count). The van der Waals surface area contributed by atoms with Crippen molar-refractivity contribution in [2.75, 3.05) is 7.05 Å². The normalized spacial score (nSPS) is 10.9. The van der Waals surface area contributed by atoms with Crippen LogP contribution in [0.1, 0.15) is 11.3 Å². The smallest absolute Gasteiger partial charge is 0.191 e. The number of hydrogen-bond donors (Lipinski definition) is 2. The summed E-state index contributed by atoms with van der Waals surface area (Å²) in [4.78, 5) is 4.16. The van der Waals surface area contributed by atoms with Gasteiger partial charge in [-0.3, -0.25) is 4.99 Å². The number of rotatable bonds is 4. The molecule has 0 saturated heterocycles. The summed E-state index contributed by atoms with van der Waals surface area (Å²) in [5.74, 6) is 1.65. The average Bonchev–Trinajstić information content (AvgIpc) is 3.01. The first-order valence-corrected chi connectivity index (χ1v) is 5.85. The van der Waals surface area contributed by atoms with Gasteiger partial charge in [0, 0.05) is 33.0 Å². The van der Waals surface area contributed by atoms with E-state index >= 15 is 0 Å². The zero-order chi connectivity index (χ0) is 12.8. The number of hydrogen-bond acceptors (Lipinski definition) is 2. The second kappa shape index (κ2) is 7.88. The largest absolute Gasteiger partial charge is 0.467 e. The summed E-state index contributed by atoms with van der Waals surface area (Å²) < 4.78 is 7.27. The van der Waals surface area contributed by atoms with Gasteiger partial charge in [0.1, 0.15) is 5.76 Å². The minimum atomic E-state index is 0. The Balaban J connectivity index is 0.00000180. The van der Waals surface area contributed by atoms with Crippen LogP contribution < -0.4 is 10.6 Å². The van der Waals surface area contributed by atoms with E-state index in [-0.39, 0.29) is 24.0 Å². The van der Waals surface area contributed by atoms with Crippen molar-refractivity contribution in [1.29, 1.82) is 0 Å². The quantitative estimate of drug-likeness (QED) is 0.490. The van der Waals surface area contributed by atoms with Gasteiger partial charge in [-0.05, 0) is 23.8 Å². The van der Waals surface area contributed by atoms with Crippen molar-refractivity contribution >= 4 is 29.9 Å². The molecule has 0 radical (unpaired) electrons. The average molecular weight is 374 g/mol. The Morgan fingerprint density at radius 3 is 2.68 bits per heavy atom. The summed E-state index contributed by atoms with van der Waals surface area (Å²) in [7, 11) is 3.76. The van der Waals surface area contributed by atoms with Crippen LogP contribution in [-0.2, 0) is 20.1 Å². The van der Waals surface area contributed by atoms with Crippen LogP contribution in [0.25, 0.3) is 0 Å². The summed E-state index contributed by atoms with van der Waals surface area (Å²) in [5.41, 5.74) is 1.22. The topological polar surface area (TPSA) is 54.5 Å². The maximum absolute atomic E-state index is 5.25. The van der Waals surface area contributed by atoms with Crippen molar-refractivity contribution in [3.8, 4) is 0 Å². The molecule has 5 nitrogen and oxygen atoms in total. The van der Waals surface area contributed by atoms with Gasteiger partial charge >= 0.3 is 0 Å². The minimum absolute atomic E-state index is 0. The molecule has 104 valence electrons. The van der Waals surface area contributed by atoms with Crippen molar-refractivity contribution in [3.05, 3.63) is 48.2 Å². The Morgan fingerprint density at radius 2 is 2.11 bits per heavy atom. The number of nitrogens with one attached hydrogen (secondary N) is 2. The number of aliphatic imine (C=N–C) groups is 1. The van der Waals surface area contributed by atoms with Crippen molar-refractivity contribution in [3.63, 3.8) is 0 Å². The van der Waals surface area contributed by atoms with E-state index in [0.29, 0.717) is 6.54 Å². The van der Waals surface area contributed by atoms with Crippen LogP contribution in [0.3, 0.4) is 0 Å². The highest BCUT2D eigenvalue weighted by atomic mass is 127. The lowest BCUT2D eigenvalue weighted by Crippen LogP contribution is -2.36. The standard InChI is InChI=1S/C13H18N4O.HI/c1-14-13(16-9-12-4-3-7-18-12)15-8-11-5-6-17(2)10-11;/h3-7,10H,8-9H2,1-2H3,(H2,14,15,16);1H. The van der Waals surface area contributed by atoms with Gasteiger partial charge in [-0.1, -0.05) is 0 Å². The molecular weight excluding hydrogens is 355 g/mol. The predicted octanol–water partition coefficient (Wildman–Crippen LogP) is 2.10. The fourth-order valence-corrected chi connectivity index (χ4v) is 1.66. The van der Waals surface area contributed by atoms with E-state index in [9.17, 15) is 0 Å². The first-order valence-electron chi connectivity index (χ1n) is 5.85. The zero-order valence-corrected chi connectivity index (χ0v) is 13.4. The predicted molar refractivity (Wildman–Crippen MR) is 86.6 cm³/mol. The van der Waals surface area contributed by atoms with Gasteiger partial charge < -0.3 is 19.6 Å². The molecule has 2 heterocycles. The van der Waals surface area contributed by atoms with E-state index < -0.39 is 0 Å². The molecule has 0 amide bonds. The molecule has 0 spiro atoms. The van der Waals surface area contributed by atoms with Crippen molar-refractivity contribution in [1.82, 2.24) is 15.2 Å². The highest BCUT2D eigenvalue weighted by molar-refractivity contribution is 14.0. The molecule has 2 aromatic rings. The molecule has 19 heavy (non-hydrogen) atoms. The Kier molecular flexibility index (Phi) is 6.48. The molecule has 0 fully saturated rings. The molecule has 0 aliphatic rings. The van der Waals surface area contributed by atoms with Crippen molar-refractivity contribution in [2.45, 2.75) is 13.1 Å². The van der Waals surface area contributed by atoms with Gasteiger partial charge in [-0.25, -0.2) is 0 Å². The van der Waals surface area contributed by atoms with E-state index in [1.807, 2.05) is 29.9 Å². The van der Waals surface area contributed by atoms with Crippen LogP contribution in [0.2, 0.25) is 0 Å². The Hall–Kier alpha value is -1.44. The molecule has 2 aromatic heterocycles. The van der Waals surface area contributed by atoms with Crippen LogP contribution in [0, 0.1) is 0 Å². The van der Waals surface area contributed by atoms with Gasteiger partial charge in [0.05, 0.1) is 12.8 Å². The molecular formula is C13H19IN4O. The Morgan fingerprint density at radius 1 is 1.32 bits per heavy atom. The molecule has 0 aliphatic heterocycles. The molecule has 0 aliphatic carbocycles. The van der Waals surface area contributed by atoms with E-state index in [4.69, 9.17) is 4.42 Å². The summed E-state index contributed by atoms with van der Waals surface area (Å²) in [6.45, 7) is 1.38. The van der Waals surface area contributed by atoms with Gasteiger partial charge in [0.15, 0.2) is 5.96 Å². The third-order valence-electron chi connectivity index (χ3n) is 2.59. The number of nitrogens with zero attached hydrogens (tertiary/aromatic N) is 2. The minimum Gasteiger partial charge on any atom is -0.467 e. The molecule has 0 unspecified atom stereocenters. The number of aromatic nitrogens is 1. The first kappa shape index (κ1) is 15.6. The third kappa shape index (κ3) is 4.98. The lowest BCUT2D eigenvalue weighted by atomic mass is 10.3. The van der Waals surface area contributed by atoms with Crippen molar-refractivity contribution in [2.24, 2.45) is 12.0 Å². The van der Waals surface area contributed by atoms with Crippen LogP contribution in [0.15, 0.2) is 46.3 Å². The first-order chi connectivity index (χ1) is 8.78. The summed E-state index contributed by atoms with van der Waals surface area (Å²) in [6.07, 6.45) is 5.76. The van der Waals surface area contributed by atoms with Crippen LogP contribution in [-0.4, -0.2) is 17.6 Å². The number of halogens is 1. The van der Waals surface area contributed by atoms with Gasteiger partial charge in [0.2, 0.25) is 0 Å². The number of guanidine groups is 1. The second-order valence-electron chi connectivity index (χ2n) is 4.04. The van der Waals surface area contributed by atoms with E-state index in [1.165, 1.54) is 5.56 Å². The van der Waals surface area contributed by atoms with Gasteiger partial charge in [-0.2, -0.15) is 0 Å². The highest BCUT2D eigenvalue weighted by Gasteiger charge is 2.00. The second-order valence-corrected chi connectivity index (χ2v) is 4.04. The lowest BCUT2D eigenvalue weighted by Gasteiger charge is -2.09. The fourth-order valence-electron chi connectivity index (χ4n) is 1.66. The van der Waals surface area contributed by atoms with Gasteiger partial charge in [0.25, 0.3) is 0 Å². The van der Waals surface area contributed by atoms with E-state index in [0.717, 1.165) is 18.3 Å². The van der Waals surface area contributed by atoms with Crippen molar-refractivity contribution < 1.29 is 4.42 Å². The highest BCUT2D eigenvalue weighted by Crippen LogP contribution is 2.00. The maximum Gasteiger partial charge on any atom is 0.191 e. The lowest BCUT2D eigenvalue weighted by molar-refractivity contribution is 0.501. The number of aryl methyl sites for hydroxylation is 1. The van der Waals surface area contributed by atoms with Crippen LogP contribution in [0.5, 0.6) is 0 Å². The molecule has 6 heteroatoms. The zero-order valence-electron chi connectivity index (χ0n) is 11.1. The van der Waals surface area contributed by atoms with Crippen LogP contribution >= 0.6 is 24.0 Å². The summed E-state index contributed by atoms with van der Waals surface area (Å²) >= 11 is 0. The molecule has 0 bridgehead atoms.